The van der Waals surface area contributed by atoms with Crippen LogP contribution >= 0.6 is 11.6 Å². The zero-order valence-corrected chi connectivity index (χ0v) is 15.9. The Hall–Kier alpha value is -2.11. The van der Waals surface area contributed by atoms with Gasteiger partial charge in [-0.1, -0.05) is 11.6 Å². The minimum Gasteiger partial charge on any atom is -0.474 e. The quantitative estimate of drug-likeness (QED) is 0.665. The maximum absolute atomic E-state index is 6.25. The Balaban J connectivity index is 1.61. The number of fused-ring (bicyclic) bond motifs is 3. The van der Waals surface area contributed by atoms with Crippen molar-refractivity contribution in [1.29, 1.82) is 0 Å². The summed E-state index contributed by atoms with van der Waals surface area (Å²) in [5.74, 6) is 0.740. The van der Waals surface area contributed by atoms with Gasteiger partial charge in [0.2, 0.25) is 5.88 Å². The second-order valence-corrected chi connectivity index (χ2v) is 7.73. The molecule has 5 nitrogen and oxygen atoms in total. The highest BCUT2D eigenvalue weighted by Crippen LogP contribution is 2.34. The summed E-state index contributed by atoms with van der Waals surface area (Å²) < 4.78 is 13.9. The van der Waals surface area contributed by atoms with Gasteiger partial charge in [0.25, 0.3) is 0 Å². The van der Waals surface area contributed by atoms with Crippen molar-refractivity contribution < 1.29 is 9.47 Å². The van der Waals surface area contributed by atoms with Crippen molar-refractivity contribution in [3.63, 3.8) is 0 Å². The van der Waals surface area contributed by atoms with E-state index >= 15 is 0 Å². The van der Waals surface area contributed by atoms with Gasteiger partial charge < -0.3 is 9.47 Å². The molecule has 1 aromatic carbocycles. The highest BCUT2D eigenvalue weighted by atomic mass is 35.5. The van der Waals surface area contributed by atoms with E-state index in [9.17, 15) is 0 Å². The zero-order valence-electron chi connectivity index (χ0n) is 15.2. The number of hydrogen-bond acceptors (Lipinski definition) is 4. The third-order valence-electron chi connectivity index (χ3n) is 5.45. The van der Waals surface area contributed by atoms with E-state index in [4.69, 9.17) is 31.2 Å². The minimum atomic E-state index is 0.152. The van der Waals surface area contributed by atoms with Gasteiger partial charge in [0.05, 0.1) is 17.2 Å². The molecule has 1 unspecified atom stereocenters. The summed E-state index contributed by atoms with van der Waals surface area (Å²) in [4.78, 5) is 4.72. The molecule has 27 heavy (non-hydrogen) atoms. The van der Waals surface area contributed by atoms with Crippen LogP contribution < -0.4 is 4.74 Å². The first kappa shape index (κ1) is 17.0. The standard InChI is InChI=1S/C21H22ClN3O2/c22-14-7-9-15(10-8-14)25-21(27-13-16-4-3-11-26-16)18-12-23-19-6-2-1-5-17(19)20(18)24-25/h7-10,12,16H,1-6,11,13H2. The van der Waals surface area contributed by atoms with E-state index < -0.39 is 0 Å². The molecule has 5 rings (SSSR count). The van der Waals surface area contributed by atoms with Crippen LogP contribution in [0.3, 0.4) is 0 Å². The number of halogens is 1. The third-order valence-corrected chi connectivity index (χ3v) is 5.71. The number of ether oxygens (including phenoxy) is 2. The number of benzene rings is 1. The van der Waals surface area contributed by atoms with Gasteiger partial charge in [-0.05, 0) is 62.8 Å². The summed E-state index contributed by atoms with van der Waals surface area (Å²) in [7, 11) is 0. The van der Waals surface area contributed by atoms with Crippen LogP contribution in [0.5, 0.6) is 5.88 Å². The summed E-state index contributed by atoms with van der Waals surface area (Å²) in [6, 6.07) is 7.68. The topological polar surface area (TPSA) is 49.2 Å². The fourth-order valence-electron chi connectivity index (χ4n) is 4.03. The minimum absolute atomic E-state index is 0.152. The average Bonchev–Trinajstić information content (AvgIpc) is 3.34. The molecule has 1 aliphatic carbocycles. The molecule has 2 aliphatic rings. The molecule has 0 N–H and O–H groups in total. The molecule has 2 aromatic heterocycles. The Bertz CT molecular complexity index is 962. The molecule has 0 saturated carbocycles. The maximum atomic E-state index is 6.25. The fourth-order valence-corrected chi connectivity index (χ4v) is 4.15. The summed E-state index contributed by atoms with van der Waals surface area (Å²) >= 11 is 6.07. The predicted octanol–water partition coefficient (Wildman–Crippen LogP) is 4.51. The molecule has 6 heteroatoms. The van der Waals surface area contributed by atoms with Crippen LogP contribution in [0, 0.1) is 0 Å². The summed E-state index contributed by atoms with van der Waals surface area (Å²) in [6.07, 6.45) is 8.66. The molecule has 0 amide bonds. The van der Waals surface area contributed by atoms with E-state index in [0.29, 0.717) is 11.6 Å². The Morgan fingerprint density at radius 1 is 1.15 bits per heavy atom. The second kappa shape index (κ2) is 7.13. The number of aryl methyl sites for hydroxylation is 2. The number of pyridine rings is 1. The van der Waals surface area contributed by atoms with Crippen molar-refractivity contribution >= 4 is 22.5 Å². The Morgan fingerprint density at radius 3 is 2.81 bits per heavy atom. The van der Waals surface area contributed by atoms with Crippen LogP contribution in [0.1, 0.15) is 36.9 Å². The van der Waals surface area contributed by atoms with E-state index in [-0.39, 0.29) is 6.10 Å². The van der Waals surface area contributed by atoms with Gasteiger partial charge in [-0.25, -0.2) is 0 Å². The number of aromatic nitrogens is 3. The van der Waals surface area contributed by atoms with Gasteiger partial charge in [0, 0.05) is 29.1 Å². The van der Waals surface area contributed by atoms with Crippen LogP contribution in [0.4, 0.5) is 0 Å². The summed E-state index contributed by atoms with van der Waals surface area (Å²) in [5.41, 5.74) is 4.40. The number of rotatable bonds is 4. The van der Waals surface area contributed by atoms with E-state index in [1.165, 1.54) is 24.1 Å². The van der Waals surface area contributed by atoms with Gasteiger partial charge in [0.15, 0.2) is 0 Å². The third kappa shape index (κ3) is 3.19. The van der Waals surface area contributed by atoms with Crippen molar-refractivity contribution in [3.8, 4) is 11.6 Å². The molecule has 1 aliphatic heterocycles. The number of nitrogens with zero attached hydrogens (tertiary/aromatic N) is 3. The monoisotopic (exact) mass is 383 g/mol. The predicted molar refractivity (Wildman–Crippen MR) is 105 cm³/mol. The van der Waals surface area contributed by atoms with Gasteiger partial charge in [-0.2, -0.15) is 9.78 Å². The van der Waals surface area contributed by atoms with Gasteiger partial charge >= 0.3 is 0 Å². The number of hydrogen-bond donors (Lipinski definition) is 0. The molecule has 1 fully saturated rings. The van der Waals surface area contributed by atoms with Crippen LogP contribution in [0.2, 0.25) is 5.02 Å². The molecule has 0 bridgehead atoms. The van der Waals surface area contributed by atoms with Crippen molar-refractivity contribution in [2.24, 2.45) is 0 Å². The van der Waals surface area contributed by atoms with Crippen LogP contribution in [0.15, 0.2) is 30.5 Å². The van der Waals surface area contributed by atoms with E-state index in [2.05, 4.69) is 0 Å². The molecule has 3 heterocycles. The van der Waals surface area contributed by atoms with Gasteiger partial charge in [0.1, 0.15) is 12.1 Å². The SMILES string of the molecule is Clc1ccc(-n2nc3c4c(ncc3c2OCC2CCCO2)CCCC4)cc1. The maximum Gasteiger partial charge on any atom is 0.226 e. The lowest BCUT2D eigenvalue weighted by Gasteiger charge is -2.14. The average molecular weight is 384 g/mol. The zero-order chi connectivity index (χ0) is 18.2. The molecule has 140 valence electrons. The molecular formula is C21H22ClN3O2. The molecule has 0 spiro atoms. The lowest BCUT2D eigenvalue weighted by atomic mass is 9.95. The van der Waals surface area contributed by atoms with E-state index in [1.54, 1.807) is 0 Å². The highest BCUT2D eigenvalue weighted by molar-refractivity contribution is 6.30. The largest absolute Gasteiger partial charge is 0.474 e. The van der Waals surface area contributed by atoms with E-state index in [0.717, 1.165) is 54.8 Å². The molecule has 3 aromatic rings. The summed E-state index contributed by atoms with van der Waals surface area (Å²) in [6.45, 7) is 1.35. The van der Waals surface area contributed by atoms with Crippen molar-refractivity contribution in [3.05, 3.63) is 46.7 Å². The Labute approximate surface area is 163 Å². The van der Waals surface area contributed by atoms with Crippen LogP contribution in [-0.2, 0) is 17.6 Å². The molecule has 1 saturated heterocycles. The Kier molecular flexibility index (Phi) is 4.50. The lowest BCUT2D eigenvalue weighted by molar-refractivity contribution is 0.0659. The van der Waals surface area contributed by atoms with Gasteiger partial charge in [-0.15, -0.1) is 0 Å². The summed E-state index contributed by atoms with van der Waals surface area (Å²) in [5, 5.41) is 6.62. The molecule has 0 radical (unpaired) electrons. The van der Waals surface area contributed by atoms with Crippen LogP contribution in [-0.4, -0.2) is 34.1 Å². The second-order valence-electron chi connectivity index (χ2n) is 7.29. The normalized spacial score (nSPS) is 19.4. The first-order valence-corrected chi connectivity index (χ1v) is 10.1. The fraction of sp³-hybridized carbons (Fsp3) is 0.429. The Morgan fingerprint density at radius 2 is 2.00 bits per heavy atom. The van der Waals surface area contributed by atoms with E-state index in [1.807, 2.05) is 35.1 Å². The molecule has 1 atom stereocenters. The lowest BCUT2D eigenvalue weighted by Crippen LogP contribution is -2.17. The van der Waals surface area contributed by atoms with Crippen LogP contribution in [0.25, 0.3) is 16.6 Å². The molecular weight excluding hydrogens is 362 g/mol. The highest BCUT2D eigenvalue weighted by Gasteiger charge is 2.23. The van der Waals surface area contributed by atoms with Crippen molar-refractivity contribution in [2.45, 2.75) is 44.6 Å². The smallest absolute Gasteiger partial charge is 0.226 e. The first-order valence-electron chi connectivity index (χ1n) is 9.69. The van der Waals surface area contributed by atoms with Crippen molar-refractivity contribution in [1.82, 2.24) is 14.8 Å². The first-order chi connectivity index (χ1) is 13.3. The van der Waals surface area contributed by atoms with Gasteiger partial charge in [-0.3, -0.25) is 4.98 Å². The van der Waals surface area contributed by atoms with Crippen molar-refractivity contribution in [2.75, 3.05) is 13.2 Å².